The monoisotopic (exact) mass is 103 g/mol. The van der Waals surface area contributed by atoms with Crippen molar-refractivity contribution in [3.05, 3.63) is 5.84 Å². The summed E-state index contributed by atoms with van der Waals surface area (Å²) < 4.78 is 4.11. The van der Waals surface area contributed by atoms with E-state index in [0.717, 1.165) is 0 Å². The lowest BCUT2D eigenvalue weighted by Gasteiger charge is -2.16. The summed E-state index contributed by atoms with van der Waals surface area (Å²) in [6.07, 6.45) is -0.653. The normalized spacial score (nSPS) is 7.86. The second-order valence-electron chi connectivity index (χ2n) is 1.03. The van der Waals surface area contributed by atoms with Gasteiger partial charge in [0, 0.05) is 0 Å². The summed E-state index contributed by atoms with van der Waals surface area (Å²) in [6.45, 7) is 0. The summed E-state index contributed by atoms with van der Waals surface area (Å²) in [5.74, 6) is 6.54. The first-order valence-corrected chi connectivity index (χ1v) is 1.71. The molecule has 0 rings (SSSR count). The van der Waals surface area contributed by atoms with Crippen molar-refractivity contribution in [2.45, 2.75) is 0 Å². The minimum Gasteiger partial charge on any atom is -0.578 e. The Morgan fingerprint density at radius 1 is 1.86 bits per heavy atom. The van der Waals surface area contributed by atoms with E-state index >= 15 is 0 Å². The van der Waals surface area contributed by atoms with Crippen molar-refractivity contribution in [3.8, 4) is 0 Å². The van der Waals surface area contributed by atoms with Crippen LogP contribution in [0.4, 0.5) is 4.79 Å². The Bertz CT molecular complexity index is 71.3. The van der Waals surface area contributed by atoms with Crippen LogP contribution in [0.5, 0.6) is 0 Å². The van der Waals surface area contributed by atoms with Crippen LogP contribution in [0.15, 0.2) is 0 Å². The number of amides is 1. The Labute approximate surface area is 41.8 Å². The van der Waals surface area contributed by atoms with Crippen molar-refractivity contribution in [3.63, 3.8) is 0 Å². The highest BCUT2D eigenvalue weighted by Crippen LogP contribution is 1.82. The first-order chi connectivity index (χ1) is 3.18. The van der Waals surface area contributed by atoms with Crippen LogP contribution in [0, 0.1) is 0 Å². The van der Waals surface area contributed by atoms with Gasteiger partial charge < -0.3 is 15.6 Å². The third kappa shape index (κ3) is 1.99. The number of ether oxygens (including phenoxy) is 1. The molecule has 0 heterocycles. The number of carbonyl (C=O) groups excluding carboxylic acids is 1. The van der Waals surface area contributed by atoms with E-state index in [2.05, 4.69) is 4.74 Å². The van der Waals surface area contributed by atoms with Crippen molar-refractivity contribution in [1.82, 2.24) is 5.01 Å². The van der Waals surface area contributed by atoms with E-state index in [9.17, 15) is 4.79 Å². The third-order valence-electron chi connectivity index (χ3n) is 0.448. The maximum atomic E-state index is 10.0. The van der Waals surface area contributed by atoms with Crippen molar-refractivity contribution in [1.29, 1.82) is 0 Å². The lowest BCUT2D eigenvalue weighted by Crippen LogP contribution is -2.17. The van der Waals surface area contributed by atoms with Gasteiger partial charge in [0.2, 0.25) is 0 Å². The summed E-state index contributed by atoms with van der Waals surface area (Å²) in [6, 6.07) is 0. The molecule has 0 aliphatic heterocycles. The average Bonchev–Trinajstić information content (AvgIpc) is 1.65. The first kappa shape index (κ1) is 6.23. The summed E-state index contributed by atoms with van der Waals surface area (Å²) >= 11 is 0. The fourth-order valence-electron chi connectivity index (χ4n) is 0.137. The van der Waals surface area contributed by atoms with Crippen molar-refractivity contribution >= 4 is 6.09 Å². The molecule has 0 unspecified atom stereocenters. The molecule has 0 aromatic rings. The van der Waals surface area contributed by atoms with E-state index < -0.39 is 6.09 Å². The van der Waals surface area contributed by atoms with Gasteiger partial charge in [-0.25, -0.2) is 4.79 Å². The van der Waals surface area contributed by atoms with Gasteiger partial charge in [0.1, 0.15) is 0 Å². The van der Waals surface area contributed by atoms with Gasteiger partial charge in [0.05, 0.1) is 7.11 Å². The topological polar surface area (TPSA) is 53.3 Å². The number of methoxy groups -OCH3 is 1. The van der Waals surface area contributed by atoms with Crippen LogP contribution in [-0.4, -0.2) is 25.3 Å². The molecule has 0 bridgehead atoms. The van der Waals surface area contributed by atoms with Crippen LogP contribution in [0.25, 0.3) is 5.84 Å². The first-order valence-electron chi connectivity index (χ1n) is 1.71. The van der Waals surface area contributed by atoms with E-state index in [1.807, 2.05) is 0 Å². The number of hydrogen-bond acceptors (Lipinski definition) is 2. The molecule has 0 aromatic heterocycles. The zero-order chi connectivity index (χ0) is 5.86. The molecule has 42 valence electrons. The summed E-state index contributed by atoms with van der Waals surface area (Å²) in [4.78, 5) is 10.0. The standard InChI is InChI=1S/C3H7N2O2/c1-5(4)3(6)7-2/h4H,1-2H3/q-1. The Morgan fingerprint density at radius 2 is 2.29 bits per heavy atom. The molecular formula is C3H7N2O2-. The van der Waals surface area contributed by atoms with E-state index in [1.54, 1.807) is 0 Å². The highest BCUT2D eigenvalue weighted by Gasteiger charge is 1.90. The summed E-state index contributed by atoms with van der Waals surface area (Å²) in [7, 11) is 2.53. The Hall–Kier alpha value is -0.770. The average molecular weight is 103 g/mol. The molecule has 0 radical (unpaired) electrons. The second kappa shape index (κ2) is 2.41. The van der Waals surface area contributed by atoms with Gasteiger partial charge in [-0.3, -0.25) is 0 Å². The maximum Gasteiger partial charge on any atom is 0.391 e. The van der Waals surface area contributed by atoms with Gasteiger partial charge in [0.25, 0.3) is 0 Å². The smallest absolute Gasteiger partial charge is 0.391 e. The minimum absolute atomic E-state index is 0.611. The molecular weight excluding hydrogens is 96.0 g/mol. The molecule has 4 heteroatoms. The fourth-order valence-corrected chi connectivity index (χ4v) is 0.137. The quantitative estimate of drug-likeness (QED) is 0.422. The molecule has 1 amide bonds. The molecule has 0 saturated heterocycles. The number of nitrogens with one attached hydrogen (secondary N) is 1. The lowest BCUT2D eigenvalue weighted by atomic mass is 11.0. The molecule has 7 heavy (non-hydrogen) atoms. The zero-order valence-corrected chi connectivity index (χ0v) is 4.26. The Kier molecular flexibility index (Phi) is 2.15. The predicted molar refractivity (Wildman–Crippen MR) is 24.5 cm³/mol. The number of nitrogens with zero attached hydrogens (tertiary/aromatic N) is 1. The van der Waals surface area contributed by atoms with Crippen molar-refractivity contribution in [2.75, 3.05) is 14.2 Å². The highest BCUT2D eigenvalue weighted by molar-refractivity contribution is 5.67. The zero-order valence-electron chi connectivity index (χ0n) is 4.26. The summed E-state index contributed by atoms with van der Waals surface area (Å²) in [5, 5.41) is 0.611. The molecule has 0 spiro atoms. The molecule has 0 saturated carbocycles. The van der Waals surface area contributed by atoms with Crippen LogP contribution < -0.4 is 0 Å². The summed E-state index contributed by atoms with van der Waals surface area (Å²) in [5.41, 5.74) is 0. The van der Waals surface area contributed by atoms with Crippen LogP contribution in [-0.2, 0) is 4.74 Å². The van der Waals surface area contributed by atoms with Gasteiger partial charge in [-0.15, -0.1) is 0 Å². The second-order valence-corrected chi connectivity index (χ2v) is 1.03. The van der Waals surface area contributed by atoms with E-state index in [1.165, 1.54) is 14.2 Å². The minimum atomic E-state index is -0.653. The van der Waals surface area contributed by atoms with E-state index in [4.69, 9.17) is 5.84 Å². The molecule has 0 aliphatic carbocycles. The van der Waals surface area contributed by atoms with Crippen molar-refractivity contribution in [2.24, 2.45) is 0 Å². The number of hydrogen-bond donors (Lipinski definition) is 0. The van der Waals surface area contributed by atoms with Crippen molar-refractivity contribution < 1.29 is 9.53 Å². The largest absolute Gasteiger partial charge is 0.578 e. The van der Waals surface area contributed by atoms with Crippen LogP contribution in [0.3, 0.4) is 0 Å². The Balaban J connectivity index is 3.35. The molecule has 0 atom stereocenters. The van der Waals surface area contributed by atoms with Gasteiger partial charge in [-0.2, -0.15) is 0 Å². The highest BCUT2D eigenvalue weighted by atomic mass is 16.5. The van der Waals surface area contributed by atoms with E-state index in [-0.39, 0.29) is 0 Å². The number of rotatable bonds is 0. The fraction of sp³-hybridized carbons (Fsp3) is 0.667. The van der Waals surface area contributed by atoms with Gasteiger partial charge >= 0.3 is 6.09 Å². The maximum absolute atomic E-state index is 10.0. The predicted octanol–water partition coefficient (Wildman–Crippen LogP) is 0.652. The van der Waals surface area contributed by atoms with Crippen LogP contribution in [0.1, 0.15) is 0 Å². The molecule has 0 aliphatic rings. The van der Waals surface area contributed by atoms with Gasteiger partial charge in [-0.1, -0.05) is 0 Å². The SMILES string of the molecule is COC(=O)N(C)[NH-]. The molecule has 0 aromatic carbocycles. The van der Waals surface area contributed by atoms with Gasteiger partial charge in [0.15, 0.2) is 0 Å². The van der Waals surface area contributed by atoms with Gasteiger partial charge in [-0.05, 0) is 7.05 Å². The Morgan fingerprint density at radius 3 is 2.29 bits per heavy atom. The number of carbonyl (C=O) groups is 1. The van der Waals surface area contributed by atoms with E-state index in [0.29, 0.717) is 5.01 Å². The lowest BCUT2D eigenvalue weighted by molar-refractivity contribution is 0.147. The van der Waals surface area contributed by atoms with Crippen LogP contribution in [0.2, 0.25) is 0 Å². The third-order valence-corrected chi connectivity index (χ3v) is 0.448. The molecule has 1 N–H and O–H groups in total. The molecule has 4 nitrogen and oxygen atoms in total. The van der Waals surface area contributed by atoms with Crippen LogP contribution >= 0.6 is 0 Å². The molecule has 0 fully saturated rings.